The van der Waals surface area contributed by atoms with Crippen LogP contribution in [0.2, 0.25) is 0 Å². The number of carbonyl (C=O) groups excluding carboxylic acids is 2. The molecule has 2 aliphatic rings. The third-order valence-corrected chi connectivity index (χ3v) is 3.25. The maximum atomic E-state index is 12.7. The van der Waals surface area contributed by atoms with Crippen molar-refractivity contribution in [2.24, 2.45) is 22.6 Å². The maximum absolute atomic E-state index is 12.7. The highest BCUT2D eigenvalue weighted by molar-refractivity contribution is 6.51. The standard InChI is InChI=1S/C12H13F3N2O3/c1-2-20-7(18)4-17-9-8(11(16)12(13,14)15)5-3-6(5)10(9)19/h5-6H,2-4,16H2,1H3/b11-8-,17-9?. The van der Waals surface area contributed by atoms with Crippen LogP contribution in [0, 0.1) is 11.8 Å². The molecule has 5 nitrogen and oxygen atoms in total. The number of rotatable bonds is 3. The van der Waals surface area contributed by atoms with Crippen LogP contribution in [-0.4, -0.2) is 36.8 Å². The summed E-state index contributed by atoms with van der Waals surface area (Å²) in [6.07, 6.45) is -4.35. The summed E-state index contributed by atoms with van der Waals surface area (Å²) in [6, 6.07) is 0. The van der Waals surface area contributed by atoms with Gasteiger partial charge in [-0.15, -0.1) is 0 Å². The van der Waals surface area contributed by atoms with E-state index in [-0.39, 0.29) is 17.9 Å². The molecule has 2 saturated carbocycles. The fourth-order valence-electron chi connectivity index (χ4n) is 2.28. The molecule has 2 aliphatic carbocycles. The lowest BCUT2D eigenvalue weighted by atomic mass is 10.1. The fourth-order valence-corrected chi connectivity index (χ4v) is 2.28. The monoisotopic (exact) mass is 290 g/mol. The van der Waals surface area contributed by atoms with Crippen molar-refractivity contribution in [3.8, 4) is 0 Å². The zero-order valence-electron chi connectivity index (χ0n) is 10.7. The van der Waals surface area contributed by atoms with Crippen LogP contribution in [0.5, 0.6) is 0 Å². The number of carbonyl (C=O) groups is 2. The lowest BCUT2D eigenvalue weighted by Crippen LogP contribution is -2.26. The number of esters is 1. The molecule has 0 radical (unpaired) electrons. The van der Waals surface area contributed by atoms with Crippen molar-refractivity contribution in [1.82, 2.24) is 0 Å². The summed E-state index contributed by atoms with van der Waals surface area (Å²) in [7, 11) is 0. The van der Waals surface area contributed by atoms with E-state index in [1.54, 1.807) is 6.92 Å². The van der Waals surface area contributed by atoms with E-state index in [0.717, 1.165) is 0 Å². The number of hydrogen-bond donors (Lipinski definition) is 1. The van der Waals surface area contributed by atoms with Gasteiger partial charge in [0.2, 0.25) is 0 Å². The third kappa shape index (κ3) is 2.54. The second-order valence-corrected chi connectivity index (χ2v) is 4.61. The predicted octanol–water partition coefficient (Wildman–Crippen LogP) is 0.984. The van der Waals surface area contributed by atoms with Crippen LogP contribution in [0.25, 0.3) is 0 Å². The first-order valence-electron chi connectivity index (χ1n) is 6.08. The number of alkyl halides is 3. The Balaban J connectivity index is 2.29. The van der Waals surface area contributed by atoms with Crippen molar-refractivity contribution in [1.29, 1.82) is 0 Å². The van der Waals surface area contributed by atoms with Crippen LogP contribution in [-0.2, 0) is 14.3 Å². The molecular formula is C12H13F3N2O3. The molecule has 0 aromatic carbocycles. The highest BCUT2D eigenvalue weighted by atomic mass is 19.4. The number of allylic oxidation sites excluding steroid dienone is 2. The molecule has 110 valence electrons. The molecule has 2 N–H and O–H groups in total. The average Bonchev–Trinajstić information content (AvgIpc) is 3.07. The summed E-state index contributed by atoms with van der Waals surface area (Å²) < 4.78 is 42.6. The highest BCUT2D eigenvalue weighted by Gasteiger charge is 2.58. The molecule has 2 unspecified atom stereocenters. The molecule has 2 fully saturated rings. The Morgan fingerprint density at radius 3 is 2.65 bits per heavy atom. The van der Waals surface area contributed by atoms with E-state index in [2.05, 4.69) is 9.73 Å². The number of Topliss-reactive ketones (excluding diaryl/α,β-unsaturated/α-hetero) is 1. The van der Waals surface area contributed by atoms with Gasteiger partial charge in [-0.2, -0.15) is 13.2 Å². The highest BCUT2D eigenvalue weighted by Crippen LogP contribution is 2.53. The minimum Gasteiger partial charge on any atom is -0.465 e. The van der Waals surface area contributed by atoms with Gasteiger partial charge in [-0.25, -0.2) is 0 Å². The van der Waals surface area contributed by atoms with Crippen molar-refractivity contribution < 1.29 is 27.5 Å². The Labute approximate surface area is 112 Å². The Bertz CT molecular complexity index is 523. The van der Waals surface area contributed by atoms with Crippen LogP contribution in [0.3, 0.4) is 0 Å². The summed E-state index contributed by atoms with van der Waals surface area (Å²) in [5.41, 5.74) is 3.21. The molecule has 2 rings (SSSR count). The minimum atomic E-state index is -4.71. The van der Waals surface area contributed by atoms with Gasteiger partial charge >= 0.3 is 12.1 Å². The van der Waals surface area contributed by atoms with Gasteiger partial charge in [-0.1, -0.05) is 0 Å². The normalized spacial score (nSPS) is 29.4. The predicted molar refractivity (Wildman–Crippen MR) is 62.8 cm³/mol. The van der Waals surface area contributed by atoms with Gasteiger partial charge in [0.05, 0.1) is 6.61 Å². The summed E-state index contributed by atoms with van der Waals surface area (Å²) in [6.45, 7) is 1.24. The number of nitrogens with two attached hydrogens (primary N) is 1. The number of ketones is 1. The van der Waals surface area contributed by atoms with E-state index in [1.165, 1.54) is 0 Å². The molecule has 0 bridgehead atoms. The lowest BCUT2D eigenvalue weighted by molar-refractivity contribution is -0.141. The van der Waals surface area contributed by atoms with Crippen molar-refractivity contribution >= 4 is 17.5 Å². The fraction of sp³-hybridized carbons (Fsp3) is 0.583. The molecule has 20 heavy (non-hydrogen) atoms. The van der Waals surface area contributed by atoms with Gasteiger partial charge in [0.25, 0.3) is 0 Å². The Morgan fingerprint density at radius 1 is 1.45 bits per heavy atom. The van der Waals surface area contributed by atoms with Crippen molar-refractivity contribution in [2.45, 2.75) is 19.5 Å². The van der Waals surface area contributed by atoms with E-state index in [4.69, 9.17) is 5.73 Å². The molecule has 0 aliphatic heterocycles. The SMILES string of the molecule is CCOC(=O)CN=C1C(=O)C2CC2/C1=C(/N)C(F)(F)F. The molecular weight excluding hydrogens is 277 g/mol. The van der Waals surface area contributed by atoms with E-state index in [1.807, 2.05) is 0 Å². The zero-order chi connectivity index (χ0) is 15.1. The van der Waals surface area contributed by atoms with Gasteiger partial charge < -0.3 is 10.5 Å². The lowest BCUT2D eigenvalue weighted by Gasteiger charge is -2.12. The Morgan fingerprint density at radius 2 is 2.10 bits per heavy atom. The maximum Gasteiger partial charge on any atom is 0.431 e. The first-order chi connectivity index (χ1) is 9.27. The van der Waals surface area contributed by atoms with Crippen LogP contribution < -0.4 is 5.73 Å². The number of fused-ring (bicyclic) bond motifs is 1. The molecule has 0 aromatic heterocycles. The van der Waals surface area contributed by atoms with Gasteiger partial charge in [0.15, 0.2) is 5.78 Å². The quantitative estimate of drug-likeness (QED) is 0.786. The van der Waals surface area contributed by atoms with Crippen molar-refractivity contribution in [3.05, 3.63) is 11.3 Å². The summed E-state index contributed by atoms with van der Waals surface area (Å²) in [5, 5.41) is 0. The average molecular weight is 290 g/mol. The molecule has 0 amide bonds. The van der Waals surface area contributed by atoms with Crippen LogP contribution in [0.15, 0.2) is 16.3 Å². The van der Waals surface area contributed by atoms with Gasteiger partial charge in [0.1, 0.15) is 18.0 Å². The number of ether oxygens (including phenoxy) is 1. The van der Waals surface area contributed by atoms with Gasteiger partial charge in [0, 0.05) is 11.5 Å². The molecule has 0 aromatic rings. The number of hydrogen-bond acceptors (Lipinski definition) is 5. The Hall–Kier alpha value is -1.86. The smallest absolute Gasteiger partial charge is 0.431 e. The molecule has 0 saturated heterocycles. The van der Waals surface area contributed by atoms with Gasteiger partial charge in [-0.05, 0) is 19.3 Å². The molecule has 2 atom stereocenters. The summed E-state index contributed by atoms with van der Waals surface area (Å²) in [5.74, 6) is -2.14. The van der Waals surface area contributed by atoms with E-state index in [0.29, 0.717) is 6.42 Å². The number of aliphatic imine (C=N–C) groups is 1. The van der Waals surface area contributed by atoms with Crippen molar-refractivity contribution in [2.75, 3.05) is 13.2 Å². The van der Waals surface area contributed by atoms with Crippen molar-refractivity contribution in [3.63, 3.8) is 0 Å². The largest absolute Gasteiger partial charge is 0.465 e. The van der Waals surface area contributed by atoms with E-state index >= 15 is 0 Å². The Kier molecular flexibility index (Phi) is 3.58. The first kappa shape index (κ1) is 14.5. The van der Waals surface area contributed by atoms with Crippen LogP contribution in [0.1, 0.15) is 13.3 Å². The van der Waals surface area contributed by atoms with Gasteiger partial charge in [-0.3, -0.25) is 14.6 Å². The number of halogens is 3. The first-order valence-corrected chi connectivity index (χ1v) is 6.08. The topological polar surface area (TPSA) is 81.8 Å². The van der Waals surface area contributed by atoms with Crippen LogP contribution in [0.4, 0.5) is 13.2 Å². The van der Waals surface area contributed by atoms with Crippen LogP contribution >= 0.6 is 0 Å². The zero-order valence-corrected chi connectivity index (χ0v) is 10.7. The summed E-state index contributed by atoms with van der Waals surface area (Å²) >= 11 is 0. The van der Waals surface area contributed by atoms with E-state index in [9.17, 15) is 22.8 Å². The summed E-state index contributed by atoms with van der Waals surface area (Å²) in [4.78, 5) is 26.7. The second-order valence-electron chi connectivity index (χ2n) is 4.61. The second kappa shape index (κ2) is 4.92. The van der Waals surface area contributed by atoms with E-state index < -0.39 is 42.0 Å². The molecule has 0 heterocycles. The minimum absolute atomic E-state index is 0.135. The molecule has 0 spiro atoms. The molecule has 8 heteroatoms. The number of nitrogens with zero attached hydrogens (tertiary/aromatic N) is 1. The third-order valence-electron chi connectivity index (χ3n) is 3.25.